The molecular formula is C12H11ClN2O. The molecule has 82 valence electrons. The van der Waals surface area contributed by atoms with E-state index < -0.39 is 0 Å². The van der Waals surface area contributed by atoms with E-state index in [4.69, 9.17) is 17.3 Å². The van der Waals surface area contributed by atoms with Crippen molar-refractivity contribution in [2.24, 2.45) is 5.73 Å². The summed E-state index contributed by atoms with van der Waals surface area (Å²) in [5.74, 6) is 0. The number of aromatic nitrogens is 1. The van der Waals surface area contributed by atoms with E-state index in [0.29, 0.717) is 17.4 Å². The number of rotatable bonds is 3. The number of halogens is 1. The van der Waals surface area contributed by atoms with Gasteiger partial charge in [0.15, 0.2) is 6.29 Å². The van der Waals surface area contributed by atoms with Crippen LogP contribution in [0, 0.1) is 0 Å². The average molecular weight is 235 g/mol. The van der Waals surface area contributed by atoms with Gasteiger partial charge in [-0.3, -0.25) is 9.36 Å². The number of hydrogen-bond donors (Lipinski definition) is 1. The second-order valence-electron chi connectivity index (χ2n) is 3.40. The third-order valence-corrected chi connectivity index (χ3v) is 2.71. The molecule has 0 saturated heterocycles. The molecule has 0 atom stereocenters. The van der Waals surface area contributed by atoms with E-state index in [2.05, 4.69) is 0 Å². The summed E-state index contributed by atoms with van der Waals surface area (Å²) in [7, 11) is 0. The Kier molecular flexibility index (Phi) is 3.08. The SMILES string of the molecule is NCc1ccc(-n2c(Cl)ccc2C=O)cc1. The van der Waals surface area contributed by atoms with Gasteiger partial charge < -0.3 is 5.73 Å². The molecule has 0 saturated carbocycles. The Morgan fingerprint density at radius 1 is 1.19 bits per heavy atom. The van der Waals surface area contributed by atoms with Crippen LogP contribution in [-0.2, 0) is 6.54 Å². The molecule has 3 nitrogen and oxygen atoms in total. The largest absolute Gasteiger partial charge is 0.326 e. The first-order chi connectivity index (χ1) is 7.76. The van der Waals surface area contributed by atoms with Gasteiger partial charge in [0.25, 0.3) is 0 Å². The molecule has 16 heavy (non-hydrogen) atoms. The first-order valence-corrected chi connectivity index (χ1v) is 5.26. The summed E-state index contributed by atoms with van der Waals surface area (Å²) in [6.45, 7) is 0.500. The van der Waals surface area contributed by atoms with Crippen molar-refractivity contribution in [2.45, 2.75) is 6.54 Å². The van der Waals surface area contributed by atoms with Crippen LogP contribution >= 0.6 is 11.6 Å². The molecule has 0 aliphatic rings. The van der Waals surface area contributed by atoms with Gasteiger partial charge in [-0.2, -0.15) is 0 Å². The summed E-state index contributed by atoms with van der Waals surface area (Å²) in [4.78, 5) is 10.8. The molecule has 0 fully saturated rings. The molecule has 0 aliphatic heterocycles. The van der Waals surface area contributed by atoms with Crippen LogP contribution in [0.1, 0.15) is 16.1 Å². The maximum absolute atomic E-state index is 10.8. The summed E-state index contributed by atoms with van der Waals surface area (Å²) < 4.78 is 1.69. The summed E-state index contributed by atoms with van der Waals surface area (Å²) in [6, 6.07) is 11.0. The van der Waals surface area contributed by atoms with Crippen molar-refractivity contribution in [1.82, 2.24) is 4.57 Å². The number of aldehydes is 1. The summed E-state index contributed by atoms with van der Waals surface area (Å²) >= 11 is 6.01. The lowest BCUT2D eigenvalue weighted by atomic mass is 10.2. The number of nitrogens with two attached hydrogens (primary N) is 1. The normalized spacial score (nSPS) is 10.4. The van der Waals surface area contributed by atoms with E-state index in [1.54, 1.807) is 16.7 Å². The third kappa shape index (κ3) is 1.87. The van der Waals surface area contributed by atoms with Crippen molar-refractivity contribution < 1.29 is 4.79 Å². The molecule has 1 heterocycles. The van der Waals surface area contributed by atoms with E-state index in [0.717, 1.165) is 17.5 Å². The maximum Gasteiger partial charge on any atom is 0.166 e. The van der Waals surface area contributed by atoms with E-state index in [1.807, 2.05) is 24.3 Å². The monoisotopic (exact) mass is 234 g/mol. The van der Waals surface area contributed by atoms with Crippen LogP contribution in [0.5, 0.6) is 0 Å². The molecule has 4 heteroatoms. The van der Waals surface area contributed by atoms with Gasteiger partial charge in [-0.15, -0.1) is 0 Å². The minimum Gasteiger partial charge on any atom is -0.326 e. The van der Waals surface area contributed by atoms with Gasteiger partial charge in [0.05, 0.1) is 5.69 Å². The Bertz CT molecular complexity index is 502. The van der Waals surface area contributed by atoms with E-state index in [-0.39, 0.29) is 0 Å². The zero-order valence-corrected chi connectivity index (χ0v) is 9.32. The number of benzene rings is 1. The predicted octanol–water partition coefficient (Wildman–Crippen LogP) is 2.40. The van der Waals surface area contributed by atoms with E-state index in [1.165, 1.54) is 0 Å². The van der Waals surface area contributed by atoms with Crippen LogP contribution in [0.15, 0.2) is 36.4 Å². The van der Waals surface area contributed by atoms with Crippen LogP contribution < -0.4 is 5.73 Å². The Labute approximate surface area is 98.4 Å². The molecule has 0 spiro atoms. The van der Waals surface area contributed by atoms with Crippen LogP contribution in [0.2, 0.25) is 5.15 Å². The van der Waals surface area contributed by atoms with Crippen molar-refractivity contribution in [2.75, 3.05) is 0 Å². The highest BCUT2D eigenvalue weighted by molar-refractivity contribution is 6.30. The molecule has 0 amide bonds. The number of hydrogen-bond acceptors (Lipinski definition) is 2. The fourth-order valence-electron chi connectivity index (χ4n) is 1.57. The lowest BCUT2D eigenvalue weighted by Gasteiger charge is -2.07. The topological polar surface area (TPSA) is 48.0 Å². The van der Waals surface area contributed by atoms with Gasteiger partial charge in [0.1, 0.15) is 5.15 Å². The Balaban J connectivity index is 2.49. The van der Waals surface area contributed by atoms with Gasteiger partial charge in [-0.25, -0.2) is 0 Å². The average Bonchev–Trinajstić information content (AvgIpc) is 2.70. The van der Waals surface area contributed by atoms with Crippen LogP contribution in [0.4, 0.5) is 0 Å². The first-order valence-electron chi connectivity index (χ1n) is 4.88. The lowest BCUT2D eigenvalue weighted by molar-refractivity contribution is 0.111. The van der Waals surface area contributed by atoms with Crippen molar-refractivity contribution in [1.29, 1.82) is 0 Å². The van der Waals surface area contributed by atoms with Gasteiger partial charge in [0, 0.05) is 12.2 Å². The molecule has 0 bridgehead atoms. The standard InChI is InChI=1S/C12H11ClN2O/c13-12-6-5-11(8-16)15(12)10-3-1-9(7-14)2-4-10/h1-6,8H,7,14H2. The van der Waals surface area contributed by atoms with Gasteiger partial charge in [0.2, 0.25) is 0 Å². The molecule has 0 unspecified atom stereocenters. The second kappa shape index (κ2) is 4.51. The van der Waals surface area contributed by atoms with Crippen molar-refractivity contribution in [3.8, 4) is 5.69 Å². The molecule has 0 aliphatic carbocycles. The number of nitrogens with zero attached hydrogens (tertiary/aromatic N) is 1. The third-order valence-electron chi connectivity index (χ3n) is 2.41. The van der Waals surface area contributed by atoms with E-state index in [9.17, 15) is 4.79 Å². The van der Waals surface area contributed by atoms with Crippen molar-refractivity contribution >= 4 is 17.9 Å². The molecule has 2 rings (SSSR count). The highest BCUT2D eigenvalue weighted by Gasteiger charge is 2.07. The fraction of sp³-hybridized carbons (Fsp3) is 0.0833. The quantitative estimate of drug-likeness (QED) is 0.829. The Morgan fingerprint density at radius 2 is 1.88 bits per heavy atom. The van der Waals surface area contributed by atoms with Crippen LogP contribution in [0.3, 0.4) is 0 Å². The minimum atomic E-state index is 0.500. The van der Waals surface area contributed by atoms with Gasteiger partial charge in [-0.05, 0) is 29.8 Å². The molecule has 1 aromatic heterocycles. The highest BCUT2D eigenvalue weighted by atomic mass is 35.5. The molecule has 2 N–H and O–H groups in total. The number of carbonyl (C=O) groups is 1. The van der Waals surface area contributed by atoms with Crippen LogP contribution in [-0.4, -0.2) is 10.9 Å². The second-order valence-corrected chi connectivity index (χ2v) is 3.79. The lowest BCUT2D eigenvalue weighted by Crippen LogP contribution is -2.00. The molecule has 2 aromatic rings. The van der Waals surface area contributed by atoms with Crippen LogP contribution in [0.25, 0.3) is 5.69 Å². The minimum absolute atomic E-state index is 0.500. The first kappa shape index (κ1) is 10.9. The highest BCUT2D eigenvalue weighted by Crippen LogP contribution is 2.20. The van der Waals surface area contributed by atoms with Crippen molar-refractivity contribution in [3.05, 3.63) is 52.8 Å². The Hall–Kier alpha value is -1.58. The van der Waals surface area contributed by atoms with Gasteiger partial charge >= 0.3 is 0 Å². The maximum atomic E-state index is 10.8. The molecular weight excluding hydrogens is 224 g/mol. The number of carbonyl (C=O) groups excluding carboxylic acids is 1. The van der Waals surface area contributed by atoms with Gasteiger partial charge in [-0.1, -0.05) is 23.7 Å². The predicted molar refractivity (Wildman–Crippen MR) is 64.1 cm³/mol. The zero-order valence-electron chi connectivity index (χ0n) is 8.56. The summed E-state index contributed by atoms with van der Waals surface area (Å²) in [5.41, 5.74) is 7.95. The van der Waals surface area contributed by atoms with E-state index >= 15 is 0 Å². The zero-order chi connectivity index (χ0) is 11.5. The smallest absolute Gasteiger partial charge is 0.166 e. The fourth-order valence-corrected chi connectivity index (χ4v) is 1.83. The van der Waals surface area contributed by atoms with Crippen molar-refractivity contribution in [3.63, 3.8) is 0 Å². The molecule has 1 aromatic carbocycles. The molecule has 0 radical (unpaired) electrons. The summed E-state index contributed by atoms with van der Waals surface area (Å²) in [6.07, 6.45) is 0.780. The Morgan fingerprint density at radius 3 is 2.44 bits per heavy atom. The summed E-state index contributed by atoms with van der Waals surface area (Å²) in [5, 5.41) is 0.516.